The molecule has 0 amide bonds. The molecule has 3 rings (SSSR count). The van der Waals surface area contributed by atoms with Crippen LogP contribution in [-0.2, 0) is 0 Å². The van der Waals surface area contributed by atoms with E-state index >= 15 is 0 Å². The van der Waals surface area contributed by atoms with Gasteiger partial charge in [0.25, 0.3) is 0 Å². The van der Waals surface area contributed by atoms with Crippen LogP contribution in [-0.4, -0.2) is 16.8 Å². The number of phenols is 2. The second-order valence-electron chi connectivity index (χ2n) is 5.13. The zero-order chi connectivity index (χ0) is 20.2. The van der Waals surface area contributed by atoms with Gasteiger partial charge in [0.1, 0.15) is 22.6 Å². The highest BCUT2D eigenvalue weighted by Crippen LogP contribution is 2.38. The molecule has 2 N–H and O–H groups in total. The molecule has 0 saturated carbocycles. The van der Waals surface area contributed by atoms with Gasteiger partial charge in [-0.3, -0.25) is 0 Å². The van der Waals surface area contributed by atoms with Gasteiger partial charge in [0, 0.05) is 0 Å². The highest BCUT2D eigenvalue weighted by Gasteiger charge is 2.21. The lowest BCUT2D eigenvalue weighted by atomic mass is 10.1. The van der Waals surface area contributed by atoms with Gasteiger partial charge < -0.3 is 14.9 Å². The molecule has 0 radical (unpaired) electrons. The van der Waals surface area contributed by atoms with E-state index in [1.165, 1.54) is 0 Å². The lowest BCUT2D eigenvalue weighted by molar-refractivity contribution is -2.00. The number of phenolic OH excluding ortho intramolecular Hbond substituents is 2. The minimum absolute atomic E-state index is 0.0987. The molecule has 0 bridgehead atoms. The van der Waals surface area contributed by atoms with E-state index in [0.717, 1.165) is 10.9 Å². The van der Waals surface area contributed by atoms with E-state index < -0.39 is 10.2 Å². The van der Waals surface area contributed by atoms with Crippen molar-refractivity contribution in [1.29, 1.82) is 0 Å². The Kier molecular flexibility index (Phi) is 6.82. The molecule has 2 aromatic carbocycles. The van der Waals surface area contributed by atoms with Crippen LogP contribution in [0.2, 0.25) is 0 Å². The Labute approximate surface area is 164 Å². The molecule has 8 nitrogen and oxygen atoms in total. The summed E-state index contributed by atoms with van der Waals surface area (Å²) in [5, 5.41) is 20.0. The van der Waals surface area contributed by atoms with Gasteiger partial charge in [-0.05, 0) is 53.2 Å². The molecule has 0 atom stereocenters. The normalized spacial score (nSPS) is 11.0. The first-order valence-corrected chi connectivity index (χ1v) is 9.44. The van der Waals surface area contributed by atoms with Crippen LogP contribution in [0.15, 0.2) is 51.4 Å². The van der Waals surface area contributed by atoms with Crippen molar-refractivity contribution < 1.29 is 48.2 Å². The smallest absolute Gasteiger partial charge is 0.368 e. The average molecular weight is 462 g/mol. The highest BCUT2D eigenvalue weighted by molar-refractivity contribution is 9.10. The number of benzene rings is 2. The molecule has 0 aliphatic carbocycles. The highest BCUT2D eigenvalue weighted by atomic mass is 79.9. The number of hydrogen-bond donors (Lipinski definition) is 2. The van der Waals surface area contributed by atoms with Gasteiger partial charge in [0.2, 0.25) is 0 Å². The SMILES string of the molecule is CCOc1cc(-c2ccc(O)cc2)[o+]c2cc(O)c(Br)cc12.[O-][Cl+3]([O-])([O-])[O-]. The van der Waals surface area contributed by atoms with Crippen molar-refractivity contribution in [2.45, 2.75) is 6.92 Å². The molecular weight excluding hydrogens is 448 g/mol. The average Bonchev–Trinajstić information content (AvgIpc) is 2.56. The Morgan fingerprint density at radius 2 is 1.63 bits per heavy atom. The molecule has 1 heterocycles. The van der Waals surface area contributed by atoms with Gasteiger partial charge in [-0.25, -0.2) is 23.1 Å². The molecule has 144 valence electrons. The summed E-state index contributed by atoms with van der Waals surface area (Å²) < 4.78 is 46.1. The van der Waals surface area contributed by atoms with E-state index in [9.17, 15) is 10.2 Å². The fraction of sp³-hybridized carbons (Fsp3) is 0.118. The molecule has 0 saturated heterocycles. The predicted molar refractivity (Wildman–Crippen MR) is 88.3 cm³/mol. The standard InChI is InChI=1S/C17H13BrO4.ClHO4/c1-2-21-16-9-15(10-3-5-11(19)6-4-10)22-17-8-14(20)13(18)7-12(16)17;2-1(3,4)5/h3-9H,2H2,1H3,(H-,19,20);(H,2,3,4,5). The van der Waals surface area contributed by atoms with E-state index in [4.69, 9.17) is 27.8 Å². The maximum absolute atomic E-state index is 9.86. The van der Waals surface area contributed by atoms with E-state index in [0.29, 0.717) is 28.2 Å². The summed E-state index contributed by atoms with van der Waals surface area (Å²) in [6, 6.07) is 11.8. The minimum Gasteiger partial charge on any atom is -0.508 e. The summed E-state index contributed by atoms with van der Waals surface area (Å²) in [6.45, 7) is 2.43. The number of fused-ring (bicyclic) bond motifs is 1. The molecule has 27 heavy (non-hydrogen) atoms. The first kappa shape index (κ1) is 21.2. The van der Waals surface area contributed by atoms with Gasteiger partial charge in [-0.15, -0.1) is 10.2 Å². The summed E-state index contributed by atoms with van der Waals surface area (Å²) >= 11 is 3.30. The molecule has 1 aromatic heterocycles. The van der Waals surface area contributed by atoms with Gasteiger partial charge in [0.05, 0.1) is 28.8 Å². The van der Waals surface area contributed by atoms with Crippen molar-refractivity contribution in [2.24, 2.45) is 0 Å². The van der Waals surface area contributed by atoms with Crippen molar-refractivity contribution in [2.75, 3.05) is 6.61 Å². The van der Waals surface area contributed by atoms with Gasteiger partial charge in [-0.1, -0.05) is 0 Å². The second kappa shape index (κ2) is 8.70. The summed E-state index contributed by atoms with van der Waals surface area (Å²) in [4.78, 5) is 0. The fourth-order valence-electron chi connectivity index (χ4n) is 2.21. The van der Waals surface area contributed by atoms with Gasteiger partial charge in [-0.2, -0.15) is 0 Å². The van der Waals surface area contributed by atoms with Gasteiger partial charge in [0.15, 0.2) is 0 Å². The molecular formula is C17H14BrClO8. The maximum atomic E-state index is 9.86. The minimum atomic E-state index is -4.94. The molecule has 0 aliphatic rings. The third-order valence-corrected chi connectivity index (χ3v) is 3.88. The molecule has 0 fully saturated rings. The third kappa shape index (κ3) is 6.21. The largest absolute Gasteiger partial charge is 0.508 e. The van der Waals surface area contributed by atoms with Crippen LogP contribution in [0.1, 0.15) is 6.92 Å². The summed E-state index contributed by atoms with van der Waals surface area (Å²) in [5.41, 5.74) is 1.33. The first-order chi connectivity index (χ1) is 12.6. The van der Waals surface area contributed by atoms with E-state index in [1.54, 1.807) is 36.4 Å². The number of ether oxygens (including phenoxy) is 1. The van der Waals surface area contributed by atoms with Gasteiger partial charge >= 0.3 is 11.3 Å². The Bertz CT molecular complexity index is 919. The Hall–Kier alpha value is -2.14. The summed E-state index contributed by atoms with van der Waals surface area (Å²) in [5.74, 6) is 1.56. The fourth-order valence-corrected chi connectivity index (χ4v) is 2.55. The Balaban J connectivity index is 0.000000465. The molecule has 0 aliphatic heterocycles. The Morgan fingerprint density at radius 1 is 1.04 bits per heavy atom. The number of hydrogen-bond acceptors (Lipinski definition) is 7. The molecule has 0 unspecified atom stereocenters. The maximum Gasteiger partial charge on any atom is 0.368 e. The first-order valence-electron chi connectivity index (χ1n) is 7.41. The van der Waals surface area contributed by atoms with Crippen molar-refractivity contribution in [3.8, 4) is 28.6 Å². The second-order valence-corrected chi connectivity index (χ2v) is 6.74. The predicted octanol–water partition coefficient (Wildman–Crippen LogP) is 0.197. The van der Waals surface area contributed by atoms with E-state index in [-0.39, 0.29) is 11.5 Å². The van der Waals surface area contributed by atoms with Crippen LogP contribution >= 0.6 is 15.9 Å². The Morgan fingerprint density at radius 3 is 2.19 bits per heavy atom. The van der Waals surface area contributed by atoms with Crippen LogP contribution in [0.4, 0.5) is 0 Å². The molecule has 3 aromatic rings. The van der Waals surface area contributed by atoms with E-state index in [1.807, 2.05) is 13.0 Å². The summed E-state index contributed by atoms with van der Waals surface area (Å²) in [6.07, 6.45) is 0. The topological polar surface area (TPSA) is 153 Å². The quantitative estimate of drug-likeness (QED) is 0.524. The number of aromatic hydroxyl groups is 2. The van der Waals surface area contributed by atoms with Crippen LogP contribution in [0.3, 0.4) is 0 Å². The van der Waals surface area contributed by atoms with Crippen molar-refractivity contribution >= 4 is 26.9 Å². The summed E-state index contributed by atoms with van der Waals surface area (Å²) in [7, 11) is -4.94. The van der Waals surface area contributed by atoms with Crippen molar-refractivity contribution in [3.63, 3.8) is 0 Å². The molecule has 10 heteroatoms. The van der Waals surface area contributed by atoms with Crippen molar-refractivity contribution in [1.82, 2.24) is 0 Å². The van der Waals surface area contributed by atoms with Crippen LogP contribution < -0.4 is 23.4 Å². The third-order valence-electron chi connectivity index (χ3n) is 3.25. The van der Waals surface area contributed by atoms with Crippen LogP contribution in [0.5, 0.6) is 17.2 Å². The lowest BCUT2D eigenvalue weighted by Crippen LogP contribution is -2.68. The lowest BCUT2D eigenvalue weighted by Gasteiger charge is -2.17. The number of halogens is 2. The molecule has 0 spiro atoms. The van der Waals surface area contributed by atoms with E-state index in [2.05, 4.69) is 15.9 Å². The number of rotatable bonds is 3. The zero-order valence-electron chi connectivity index (χ0n) is 13.8. The van der Waals surface area contributed by atoms with Crippen LogP contribution in [0, 0.1) is 10.2 Å². The monoisotopic (exact) mass is 460 g/mol. The van der Waals surface area contributed by atoms with Crippen LogP contribution in [0.25, 0.3) is 22.3 Å². The van der Waals surface area contributed by atoms with Crippen molar-refractivity contribution in [3.05, 3.63) is 46.9 Å². The zero-order valence-corrected chi connectivity index (χ0v) is 16.2.